The molecule has 0 saturated carbocycles. The Morgan fingerprint density at radius 2 is 2.06 bits per heavy atom. The molecule has 0 aliphatic carbocycles. The second-order valence-corrected chi connectivity index (χ2v) is 4.91. The van der Waals surface area contributed by atoms with Crippen LogP contribution in [0, 0.1) is 19.8 Å². The minimum atomic E-state index is -0.133. The molecule has 1 amide bonds. The first-order valence-corrected chi connectivity index (χ1v) is 6.48. The van der Waals surface area contributed by atoms with Crippen molar-refractivity contribution in [3.8, 4) is 0 Å². The normalized spacial score (nSPS) is 12.8. The smallest absolute Gasteiger partial charge is 0.228 e. The van der Waals surface area contributed by atoms with Gasteiger partial charge in [-0.05, 0) is 34.1 Å². The summed E-state index contributed by atoms with van der Waals surface area (Å²) in [7, 11) is 0. The van der Waals surface area contributed by atoms with Crippen LogP contribution in [-0.2, 0) is 4.79 Å². The van der Waals surface area contributed by atoms with Gasteiger partial charge in [0.15, 0.2) is 0 Å². The molecule has 0 saturated heterocycles. The first-order valence-electron chi connectivity index (χ1n) is 6.48. The minimum absolute atomic E-state index is 0.0190. The number of carbonyl (C=O) groups excluding carboxylic acids is 1. The van der Waals surface area contributed by atoms with Crippen LogP contribution < -0.4 is 11.1 Å². The molecule has 0 spiro atoms. The van der Waals surface area contributed by atoms with Crippen molar-refractivity contribution in [2.24, 2.45) is 11.7 Å². The first kappa shape index (κ1) is 14.7. The predicted molar refractivity (Wildman–Crippen MR) is 73.6 cm³/mol. The highest BCUT2D eigenvalue weighted by atomic mass is 16.1. The first-order chi connectivity index (χ1) is 8.42. The molecular weight excluding hydrogens is 228 g/mol. The van der Waals surface area contributed by atoms with Crippen LogP contribution in [0.2, 0.25) is 0 Å². The number of amides is 1. The molecule has 3 N–H and O–H groups in total. The quantitative estimate of drug-likeness (QED) is 0.842. The van der Waals surface area contributed by atoms with Crippen molar-refractivity contribution in [1.82, 2.24) is 9.78 Å². The average Bonchev–Trinajstić information content (AvgIpc) is 2.58. The molecule has 0 aliphatic rings. The lowest BCUT2D eigenvalue weighted by molar-refractivity contribution is -0.119. The number of hydrogen-bond acceptors (Lipinski definition) is 3. The van der Waals surface area contributed by atoms with Gasteiger partial charge in [0.05, 0.1) is 23.0 Å². The summed E-state index contributed by atoms with van der Waals surface area (Å²) in [5.41, 5.74) is 8.24. The minimum Gasteiger partial charge on any atom is -0.330 e. The van der Waals surface area contributed by atoms with Gasteiger partial charge in [-0.1, -0.05) is 6.92 Å². The molecule has 1 heterocycles. The molecule has 18 heavy (non-hydrogen) atoms. The zero-order chi connectivity index (χ0) is 13.9. The number of carbonyl (C=O) groups is 1. The van der Waals surface area contributed by atoms with Crippen LogP contribution in [0.15, 0.2) is 0 Å². The summed E-state index contributed by atoms with van der Waals surface area (Å²) in [5.74, 6) is -0.152. The highest BCUT2D eigenvalue weighted by Gasteiger charge is 2.19. The molecule has 1 rings (SSSR count). The summed E-state index contributed by atoms with van der Waals surface area (Å²) in [6.07, 6.45) is 0.749. The molecular formula is C13H24N4O. The zero-order valence-electron chi connectivity index (χ0n) is 11.9. The summed E-state index contributed by atoms with van der Waals surface area (Å²) in [6.45, 7) is 10.4. The van der Waals surface area contributed by atoms with E-state index in [9.17, 15) is 4.79 Å². The Kier molecular flexibility index (Phi) is 4.90. The van der Waals surface area contributed by atoms with Gasteiger partial charge < -0.3 is 11.1 Å². The number of anilines is 1. The lowest BCUT2D eigenvalue weighted by atomic mass is 10.1. The largest absolute Gasteiger partial charge is 0.330 e. The molecule has 102 valence electrons. The fraction of sp³-hybridized carbons (Fsp3) is 0.692. The van der Waals surface area contributed by atoms with Crippen molar-refractivity contribution >= 4 is 11.6 Å². The lowest BCUT2D eigenvalue weighted by Gasteiger charge is -2.13. The van der Waals surface area contributed by atoms with Crippen LogP contribution in [0.3, 0.4) is 0 Å². The van der Waals surface area contributed by atoms with E-state index in [-0.39, 0.29) is 17.9 Å². The third-order valence-electron chi connectivity index (χ3n) is 3.21. The summed E-state index contributed by atoms with van der Waals surface area (Å²) in [5, 5.41) is 7.40. The molecule has 1 unspecified atom stereocenters. The second-order valence-electron chi connectivity index (χ2n) is 4.91. The topological polar surface area (TPSA) is 72.9 Å². The van der Waals surface area contributed by atoms with Gasteiger partial charge in [0.1, 0.15) is 0 Å². The molecule has 0 fully saturated rings. The van der Waals surface area contributed by atoms with E-state index in [1.54, 1.807) is 0 Å². The molecule has 0 aliphatic heterocycles. The standard InChI is InChI=1S/C13H24N4O/c1-6-11(7-14)13(18)15-12-9(4)16-17(8(2)3)10(12)5/h8,11H,6-7,14H2,1-5H3,(H,15,18). The van der Waals surface area contributed by atoms with Crippen molar-refractivity contribution in [1.29, 1.82) is 0 Å². The number of nitrogens with two attached hydrogens (primary N) is 1. The molecule has 5 nitrogen and oxygen atoms in total. The molecule has 0 aromatic carbocycles. The van der Waals surface area contributed by atoms with E-state index in [4.69, 9.17) is 5.73 Å². The second kappa shape index (κ2) is 6.00. The van der Waals surface area contributed by atoms with E-state index >= 15 is 0 Å². The van der Waals surface area contributed by atoms with Crippen LogP contribution in [-0.4, -0.2) is 22.2 Å². The van der Waals surface area contributed by atoms with Crippen molar-refractivity contribution in [3.63, 3.8) is 0 Å². The SMILES string of the molecule is CCC(CN)C(=O)Nc1c(C)nn(C(C)C)c1C. The number of hydrogen-bond donors (Lipinski definition) is 2. The maximum Gasteiger partial charge on any atom is 0.228 e. The maximum atomic E-state index is 12.0. The Morgan fingerprint density at radius 3 is 2.44 bits per heavy atom. The van der Waals surface area contributed by atoms with Crippen LogP contribution in [0.25, 0.3) is 0 Å². The number of aromatic nitrogens is 2. The van der Waals surface area contributed by atoms with Gasteiger partial charge >= 0.3 is 0 Å². The summed E-state index contributed by atoms with van der Waals surface area (Å²) in [6, 6.07) is 0.283. The van der Waals surface area contributed by atoms with E-state index in [0.717, 1.165) is 23.5 Å². The van der Waals surface area contributed by atoms with E-state index in [1.807, 2.05) is 25.5 Å². The van der Waals surface area contributed by atoms with Gasteiger partial charge in [0.2, 0.25) is 5.91 Å². The molecule has 1 aromatic heterocycles. The Labute approximate surface area is 109 Å². The maximum absolute atomic E-state index is 12.0. The Balaban J connectivity index is 2.94. The van der Waals surface area contributed by atoms with Crippen molar-refractivity contribution in [3.05, 3.63) is 11.4 Å². The van der Waals surface area contributed by atoms with Gasteiger partial charge in [0.25, 0.3) is 0 Å². The number of nitrogens with one attached hydrogen (secondary N) is 1. The van der Waals surface area contributed by atoms with E-state index in [1.165, 1.54) is 0 Å². The third-order valence-corrected chi connectivity index (χ3v) is 3.21. The molecule has 5 heteroatoms. The van der Waals surface area contributed by atoms with Crippen LogP contribution in [0.1, 0.15) is 44.6 Å². The average molecular weight is 252 g/mol. The van der Waals surface area contributed by atoms with Crippen molar-refractivity contribution in [2.75, 3.05) is 11.9 Å². The molecule has 1 atom stereocenters. The van der Waals surface area contributed by atoms with Crippen LogP contribution >= 0.6 is 0 Å². The fourth-order valence-electron chi connectivity index (χ4n) is 2.03. The lowest BCUT2D eigenvalue weighted by Crippen LogP contribution is -2.29. The number of aryl methyl sites for hydroxylation is 1. The molecule has 0 bridgehead atoms. The van der Waals surface area contributed by atoms with E-state index < -0.39 is 0 Å². The van der Waals surface area contributed by atoms with Gasteiger partial charge in [-0.3, -0.25) is 9.48 Å². The van der Waals surface area contributed by atoms with Gasteiger partial charge in [-0.2, -0.15) is 5.10 Å². The van der Waals surface area contributed by atoms with Gasteiger partial charge in [-0.15, -0.1) is 0 Å². The Morgan fingerprint density at radius 1 is 1.44 bits per heavy atom. The van der Waals surface area contributed by atoms with Crippen LogP contribution in [0.5, 0.6) is 0 Å². The summed E-state index contributed by atoms with van der Waals surface area (Å²) >= 11 is 0. The summed E-state index contributed by atoms with van der Waals surface area (Å²) in [4.78, 5) is 12.0. The Hall–Kier alpha value is -1.36. The predicted octanol–water partition coefficient (Wildman–Crippen LogP) is 2.00. The fourth-order valence-corrected chi connectivity index (χ4v) is 2.03. The summed E-state index contributed by atoms with van der Waals surface area (Å²) < 4.78 is 1.92. The van der Waals surface area contributed by atoms with Gasteiger partial charge in [-0.25, -0.2) is 0 Å². The van der Waals surface area contributed by atoms with Gasteiger partial charge in [0, 0.05) is 12.6 Å². The third kappa shape index (κ3) is 2.90. The van der Waals surface area contributed by atoms with Crippen molar-refractivity contribution < 1.29 is 4.79 Å². The number of nitrogens with zero attached hydrogens (tertiary/aromatic N) is 2. The zero-order valence-corrected chi connectivity index (χ0v) is 11.9. The highest BCUT2D eigenvalue weighted by Crippen LogP contribution is 2.23. The Bertz CT molecular complexity index is 419. The van der Waals surface area contributed by atoms with E-state index in [2.05, 4.69) is 24.3 Å². The van der Waals surface area contributed by atoms with E-state index in [0.29, 0.717) is 6.54 Å². The monoisotopic (exact) mass is 252 g/mol. The number of rotatable bonds is 5. The highest BCUT2D eigenvalue weighted by molar-refractivity contribution is 5.93. The van der Waals surface area contributed by atoms with Crippen molar-refractivity contribution in [2.45, 2.75) is 47.1 Å². The molecule has 0 radical (unpaired) electrons. The molecule has 1 aromatic rings. The van der Waals surface area contributed by atoms with Crippen LogP contribution in [0.4, 0.5) is 5.69 Å².